The summed E-state index contributed by atoms with van der Waals surface area (Å²) in [5, 5.41) is 5.45. The molecule has 1 aromatic rings. The van der Waals surface area contributed by atoms with Gasteiger partial charge in [0, 0.05) is 11.6 Å². The van der Waals surface area contributed by atoms with E-state index in [0.29, 0.717) is 36.2 Å². The second-order valence-electron chi connectivity index (χ2n) is 6.32. The number of rotatable bonds is 9. The number of hydrogen-bond donors (Lipinski definition) is 2. The van der Waals surface area contributed by atoms with Crippen LogP contribution in [0.15, 0.2) is 18.2 Å². The number of benzene rings is 1. The third-order valence-corrected chi connectivity index (χ3v) is 3.43. The molecule has 1 aliphatic rings. The average Bonchev–Trinajstić information content (AvgIpc) is 3.35. The van der Waals surface area contributed by atoms with Gasteiger partial charge in [-0.05, 0) is 43.9 Å². The van der Waals surface area contributed by atoms with Gasteiger partial charge >= 0.3 is 0 Å². The van der Waals surface area contributed by atoms with Crippen molar-refractivity contribution in [3.63, 3.8) is 0 Å². The third-order valence-electron chi connectivity index (χ3n) is 3.43. The first kappa shape index (κ1) is 18.1. The van der Waals surface area contributed by atoms with Gasteiger partial charge in [-0.15, -0.1) is 0 Å². The predicted octanol–water partition coefficient (Wildman–Crippen LogP) is 2.13. The molecule has 1 aromatic carbocycles. The Morgan fingerprint density at radius 3 is 2.58 bits per heavy atom. The first-order valence-electron chi connectivity index (χ1n) is 8.46. The van der Waals surface area contributed by atoms with Crippen molar-refractivity contribution in [2.45, 2.75) is 39.7 Å². The molecule has 1 fully saturated rings. The van der Waals surface area contributed by atoms with Crippen molar-refractivity contribution in [2.24, 2.45) is 5.92 Å². The number of carbonyl (C=O) groups is 2. The Hall–Kier alpha value is -2.24. The van der Waals surface area contributed by atoms with E-state index >= 15 is 0 Å². The maximum Gasteiger partial charge on any atom is 0.251 e. The number of ether oxygens (including phenoxy) is 2. The Bertz CT molecular complexity index is 582. The summed E-state index contributed by atoms with van der Waals surface area (Å²) in [5.41, 5.74) is 0.439. The lowest BCUT2D eigenvalue weighted by Gasteiger charge is -2.14. The minimum absolute atomic E-state index is 0.0229. The summed E-state index contributed by atoms with van der Waals surface area (Å²) in [6.07, 6.45) is 2.05. The number of carbonyl (C=O) groups excluding carboxylic acids is 2. The summed E-state index contributed by atoms with van der Waals surface area (Å²) in [6, 6.07) is 5.34. The molecule has 6 nitrogen and oxygen atoms in total. The average molecular weight is 334 g/mol. The Morgan fingerprint density at radius 2 is 1.96 bits per heavy atom. The second kappa shape index (κ2) is 8.57. The molecule has 0 saturated heterocycles. The van der Waals surface area contributed by atoms with Crippen LogP contribution in [0.1, 0.15) is 44.0 Å². The highest BCUT2D eigenvalue weighted by atomic mass is 16.5. The molecule has 2 amide bonds. The normalized spacial score (nSPS) is 13.5. The van der Waals surface area contributed by atoms with Crippen molar-refractivity contribution in [1.29, 1.82) is 0 Å². The number of amides is 2. The molecular formula is C18H26N2O4. The number of hydrogen-bond acceptors (Lipinski definition) is 4. The molecule has 0 unspecified atom stereocenters. The molecule has 6 heteroatoms. The molecule has 1 aliphatic carbocycles. The fourth-order valence-corrected chi connectivity index (χ4v) is 2.06. The monoisotopic (exact) mass is 334 g/mol. The zero-order valence-electron chi connectivity index (χ0n) is 14.6. The van der Waals surface area contributed by atoms with Gasteiger partial charge in [-0.3, -0.25) is 9.59 Å². The first-order valence-corrected chi connectivity index (χ1v) is 8.46. The quantitative estimate of drug-likeness (QED) is 0.725. The fourth-order valence-electron chi connectivity index (χ4n) is 2.06. The van der Waals surface area contributed by atoms with E-state index in [1.807, 2.05) is 6.92 Å². The van der Waals surface area contributed by atoms with Gasteiger partial charge in [-0.2, -0.15) is 0 Å². The minimum atomic E-state index is -0.308. The third kappa shape index (κ3) is 5.76. The molecular weight excluding hydrogens is 308 g/mol. The zero-order valence-corrected chi connectivity index (χ0v) is 14.6. The first-order chi connectivity index (χ1) is 11.5. The summed E-state index contributed by atoms with van der Waals surface area (Å²) < 4.78 is 11.3. The summed E-state index contributed by atoms with van der Waals surface area (Å²) in [5.74, 6) is 1.08. The molecule has 24 heavy (non-hydrogen) atoms. The Morgan fingerprint density at radius 1 is 1.21 bits per heavy atom. The van der Waals surface area contributed by atoms with E-state index in [1.165, 1.54) is 0 Å². The van der Waals surface area contributed by atoms with Crippen LogP contribution in [-0.2, 0) is 4.79 Å². The van der Waals surface area contributed by atoms with Crippen LogP contribution in [0.5, 0.6) is 11.5 Å². The summed E-state index contributed by atoms with van der Waals surface area (Å²) in [4.78, 5) is 23.8. The largest absolute Gasteiger partial charge is 0.490 e. The fraction of sp³-hybridized carbons (Fsp3) is 0.556. The zero-order chi connectivity index (χ0) is 17.5. The van der Waals surface area contributed by atoms with E-state index in [-0.39, 0.29) is 24.4 Å². The van der Waals surface area contributed by atoms with Crippen LogP contribution >= 0.6 is 0 Å². The lowest BCUT2D eigenvalue weighted by atomic mass is 10.2. The molecule has 132 valence electrons. The van der Waals surface area contributed by atoms with E-state index in [0.717, 1.165) is 12.8 Å². The van der Waals surface area contributed by atoms with Crippen molar-refractivity contribution in [2.75, 3.05) is 19.8 Å². The van der Waals surface area contributed by atoms with Gasteiger partial charge in [0.2, 0.25) is 5.91 Å². The van der Waals surface area contributed by atoms with E-state index < -0.39 is 0 Å². The molecule has 0 atom stereocenters. The van der Waals surface area contributed by atoms with Crippen molar-refractivity contribution in [3.8, 4) is 11.5 Å². The van der Waals surface area contributed by atoms with Gasteiger partial charge in [0.05, 0.1) is 19.8 Å². The van der Waals surface area contributed by atoms with Gasteiger partial charge in [0.25, 0.3) is 5.91 Å². The highest BCUT2D eigenvalue weighted by Gasteiger charge is 2.23. The topological polar surface area (TPSA) is 76.7 Å². The van der Waals surface area contributed by atoms with E-state index in [2.05, 4.69) is 24.5 Å². The van der Waals surface area contributed by atoms with Crippen LogP contribution in [0.3, 0.4) is 0 Å². The maximum atomic E-state index is 12.2. The lowest BCUT2D eigenvalue weighted by molar-refractivity contribution is -0.120. The van der Waals surface area contributed by atoms with Crippen molar-refractivity contribution < 1.29 is 19.1 Å². The molecule has 0 spiro atoms. The van der Waals surface area contributed by atoms with Gasteiger partial charge in [0.1, 0.15) is 0 Å². The molecule has 0 radical (unpaired) electrons. The molecule has 1 saturated carbocycles. The van der Waals surface area contributed by atoms with Crippen LogP contribution in [0.25, 0.3) is 0 Å². The lowest BCUT2D eigenvalue weighted by Crippen LogP contribution is -2.37. The van der Waals surface area contributed by atoms with Crippen molar-refractivity contribution >= 4 is 11.8 Å². The van der Waals surface area contributed by atoms with Crippen molar-refractivity contribution in [1.82, 2.24) is 10.6 Å². The van der Waals surface area contributed by atoms with E-state index in [4.69, 9.17) is 9.47 Å². The summed E-state index contributed by atoms with van der Waals surface area (Å²) in [6.45, 7) is 7.04. The Balaban J connectivity index is 1.96. The maximum absolute atomic E-state index is 12.2. The summed E-state index contributed by atoms with van der Waals surface area (Å²) >= 11 is 0. The SMILES string of the molecule is CCOc1cc(C(=O)NCC(=O)NC2CC2)ccc1OCC(C)C. The Labute approximate surface area is 142 Å². The summed E-state index contributed by atoms with van der Waals surface area (Å²) in [7, 11) is 0. The van der Waals surface area contributed by atoms with E-state index in [1.54, 1.807) is 18.2 Å². The van der Waals surface area contributed by atoms with Crippen LogP contribution in [0.4, 0.5) is 0 Å². The van der Waals surface area contributed by atoms with Crippen LogP contribution < -0.4 is 20.1 Å². The minimum Gasteiger partial charge on any atom is -0.490 e. The molecule has 0 bridgehead atoms. The van der Waals surface area contributed by atoms with Crippen LogP contribution in [-0.4, -0.2) is 37.6 Å². The molecule has 2 rings (SSSR count). The van der Waals surface area contributed by atoms with Gasteiger partial charge in [0.15, 0.2) is 11.5 Å². The van der Waals surface area contributed by atoms with Crippen LogP contribution in [0.2, 0.25) is 0 Å². The molecule has 0 aliphatic heterocycles. The molecule has 0 aromatic heterocycles. The predicted molar refractivity (Wildman–Crippen MR) is 91.4 cm³/mol. The second-order valence-corrected chi connectivity index (χ2v) is 6.32. The Kier molecular flexibility index (Phi) is 6.46. The number of nitrogens with one attached hydrogen (secondary N) is 2. The van der Waals surface area contributed by atoms with Gasteiger partial charge in [-0.1, -0.05) is 13.8 Å². The van der Waals surface area contributed by atoms with Gasteiger partial charge < -0.3 is 20.1 Å². The van der Waals surface area contributed by atoms with Crippen LogP contribution in [0, 0.1) is 5.92 Å². The van der Waals surface area contributed by atoms with Crippen molar-refractivity contribution in [3.05, 3.63) is 23.8 Å². The standard InChI is InChI=1S/C18H26N2O4/c1-4-23-16-9-13(5-8-15(16)24-11-12(2)3)18(22)19-10-17(21)20-14-6-7-14/h5,8-9,12,14H,4,6-7,10-11H2,1-3H3,(H,19,22)(H,20,21). The highest BCUT2D eigenvalue weighted by molar-refractivity contribution is 5.97. The van der Waals surface area contributed by atoms with E-state index in [9.17, 15) is 9.59 Å². The molecule has 2 N–H and O–H groups in total. The molecule has 0 heterocycles. The van der Waals surface area contributed by atoms with Gasteiger partial charge in [-0.25, -0.2) is 0 Å². The smallest absolute Gasteiger partial charge is 0.251 e. The highest BCUT2D eigenvalue weighted by Crippen LogP contribution is 2.29.